The number of benzene rings is 1. The molecule has 0 bridgehead atoms. The van der Waals surface area contributed by atoms with E-state index in [1.807, 2.05) is 32.0 Å². The molecule has 1 unspecified atom stereocenters. The first-order chi connectivity index (χ1) is 10.4. The van der Waals surface area contributed by atoms with Gasteiger partial charge >= 0.3 is 5.97 Å². The zero-order chi connectivity index (χ0) is 16.8. The quantitative estimate of drug-likeness (QED) is 0.735. The third-order valence-corrected chi connectivity index (χ3v) is 4.57. The number of para-hydroxylation sites is 1. The van der Waals surface area contributed by atoms with Gasteiger partial charge in [-0.25, -0.2) is 0 Å². The maximum atomic E-state index is 12.1. The second kappa shape index (κ2) is 8.17. The van der Waals surface area contributed by atoms with Crippen LogP contribution in [0.3, 0.4) is 0 Å². The smallest absolute Gasteiger partial charge is 0.311 e. The summed E-state index contributed by atoms with van der Waals surface area (Å²) in [6.07, 6.45) is 0.205. The molecule has 1 amide bonds. The molecule has 22 heavy (non-hydrogen) atoms. The van der Waals surface area contributed by atoms with Gasteiger partial charge in [-0.1, -0.05) is 26.0 Å². The molecule has 0 radical (unpaired) electrons. The Hall–Kier alpha value is -1.56. The normalized spacial score (nSPS) is 12.5. The third-order valence-electron chi connectivity index (χ3n) is 3.92. The Morgan fingerprint density at radius 1 is 1.32 bits per heavy atom. The van der Waals surface area contributed by atoms with E-state index < -0.39 is 17.5 Å². The summed E-state index contributed by atoms with van der Waals surface area (Å²) in [5.74, 6) is -0.652. The Morgan fingerprint density at radius 3 is 2.41 bits per heavy atom. The number of nitrogens with one attached hydrogen (secondary N) is 1. The van der Waals surface area contributed by atoms with E-state index in [2.05, 4.69) is 21.2 Å². The lowest BCUT2D eigenvalue weighted by atomic mass is 9.82. The molecule has 6 heteroatoms. The maximum Gasteiger partial charge on any atom is 0.311 e. The van der Waals surface area contributed by atoms with Gasteiger partial charge in [0.05, 0.1) is 9.89 Å². The summed E-state index contributed by atoms with van der Waals surface area (Å²) in [6.45, 7) is 5.35. The molecular weight excluding hydrogens is 350 g/mol. The molecule has 2 N–H and O–H groups in total. The number of carbonyl (C=O) groups is 2. The van der Waals surface area contributed by atoms with Crippen LogP contribution in [0.2, 0.25) is 0 Å². The molecule has 0 saturated carbocycles. The molecule has 5 nitrogen and oxygen atoms in total. The van der Waals surface area contributed by atoms with Crippen molar-refractivity contribution in [2.75, 3.05) is 6.54 Å². The highest BCUT2D eigenvalue weighted by atomic mass is 79.9. The van der Waals surface area contributed by atoms with Crippen LogP contribution in [0.25, 0.3) is 0 Å². The van der Waals surface area contributed by atoms with Crippen molar-refractivity contribution in [1.29, 1.82) is 0 Å². The molecule has 0 heterocycles. The third kappa shape index (κ3) is 4.47. The highest BCUT2D eigenvalue weighted by Crippen LogP contribution is 2.26. The van der Waals surface area contributed by atoms with E-state index in [9.17, 15) is 14.7 Å². The van der Waals surface area contributed by atoms with Crippen molar-refractivity contribution >= 4 is 27.8 Å². The van der Waals surface area contributed by atoms with Crippen molar-refractivity contribution < 1.29 is 19.4 Å². The minimum atomic E-state index is -0.928. The summed E-state index contributed by atoms with van der Waals surface area (Å²) in [4.78, 5) is 23.5. The van der Waals surface area contributed by atoms with Crippen molar-refractivity contribution in [3.63, 3.8) is 0 Å². The minimum Gasteiger partial charge on any atom is -0.481 e. The van der Waals surface area contributed by atoms with Crippen molar-refractivity contribution in [2.24, 2.45) is 5.41 Å². The Labute approximate surface area is 139 Å². The summed E-state index contributed by atoms with van der Waals surface area (Å²) < 4.78 is 6.35. The fraction of sp³-hybridized carbons (Fsp3) is 0.500. The van der Waals surface area contributed by atoms with Crippen LogP contribution in [0.15, 0.2) is 28.7 Å². The molecule has 0 aliphatic heterocycles. The molecule has 0 saturated heterocycles. The molecule has 0 aliphatic rings. The Kier molecular flexibility index (Phi) is 6.87. The number of hydrogen-bond acceptors (Lipinski definition) is 3. The highest BCUT2D eigenvalue weighted by Gasteiger charge is 2.35. The number of ether oxygens (including phenoxy) is 1. The topological polar surface area (TPSA) is 75.6 Å². The fourth-order valence-electron chi connectivity index (χ4n) is 2.06. The summed E-state index contributed by atoms with van der Waals surface area (Å²) in [7, 11) is 0. The summed E-state index contributed by atoms with van der Waals surface area (Å²) >= 11 is 3.35. The molecule has 1 atom stereocenters. The van der Waals surface area contributed by atoms with Gasteiger partial charge in [0.15, 0.2) is 6.10 Å². The van der Waals surface area contributed by atoms with E-state index in [1.165, 1.54) is 0 Å². The summed E-state index contributed by atoms with van der Waals surface area (Å²) in [5.41, 5.74) is -0.928. The number of aliphatic carboxylic acids is 1. The average Bonchev–Trinajstić information content (AvgIpc) is 2.50. The van der Waals surface area contributed by atoms with Crippen LogP contribution in [0.5, 0.6) is 5.75 Å². The van der Waals surface area contributed by atoms with Crippen molar-refractivity contribution in [2.45, 2.75) is 39.7 Å². The number of amides is 1. The number of carboxylic acids is 1. The predicted octanol–water partition coefficient (Wildman–Crippen LogP) is 3.22. The summed E-state index contributed by atoms with van der Waals surface area (Å²) in [5, 5.41) is 12.0. The van der Waals surface area contributed by atoms with Gasteiger partial charge < -0.3 is 15.2 Å². The van der Waals surface area contributed by atoms with Crippen molar-refractivity contribution in [3.05, 3.63) is 28.7 Å². The molecule has 1 aromatic rings. The standard InChI is InChI=1S/C16H22BrNO4/c1-4-16(5-2,15(20)21)10-18-14(19)11(3)22-13-9-7-6-8-12(13)17/h6-9,11H,4-5,10H2,1-3H3,(H,18,19)(H,20,21). The molecule has 0 aromatic heterocycles. The van der Waals surface area contributed by atoms with Gasteiger partial charge in [0, 0.05) is 6.54 Å². The van der Waals surface area contributed by atoms with Crippen LogP contribution in [0.4, 0.5) is 0 Å². The van der Waals surface area contributed by atoms with Crippen LogP contribution in [-0.4, -0.2) is 29.6 Å². The number of carboxylic acid groups (broad SMARTS) is 1. The van der Waals surface area contributed by atoms with Crippen molar-refractivity contribution in [3.8, 4) is 5.75 Å². The van der Waals surface area contributed by atoms with E-state index in [-0.39, 0.29) is 12.5 Å². The van der Waals surface area contributed by atoms with E-state index in [0.717, 1.165) is 4.47 Å². The van der Waals surface area contributed by atoms with Gasteiger partial charge in [-0.2, -0.15) is 0 Å². The maximum absolute atomic E-state index is 12.1. The second-order valence-electron chi connectivity index (χ2n) is 5.20. The number of hydrogen-bond donors (Lipinski definition) is 2. The molecule has 1 rings (SSSR count). The molecule has 122 valence electrons. The Morgan fingerprint density at radius 2 is 1.91 bits per heavy atom. The van der Waals surface area contributed by atoms with E-state index in [1.54, 1.807) is 13.0 Å². The fourth-order valence-corrected chi connectivity index (χ4v) is 2.44. The first-order valence-electron chi connectivity index (χ1n) is 7.28. The number of halogens is 1. The number of rotatable bonds is 8. The zero-order valence-electron chi connectivity index (χ0n) is 13.1. The van der Waals surface area contributed by atoms with Crippen LogP contribution in [0, 0.1) is 5.41 Å². The lowest BCUT2D eigenvalue weighted by molar-refractivity contribution is -0.149. The SMILES string of the molecule is CCC(CC)(CNC(=O)C(C)Oc1ccccc1Br)C(=O)O. The van der Waals surface area contributed by atoms with Crippen LogP contribution in [-0.2, 0) is 9.59 Å². The van der Waals surface area contributed by atoms with Gasteiger partial charge in [-0.05, 0) is 47.8 Å². The first-order valence-corrected chi connectivity index (χ1v) is 8.08. The largest absolute Gasteiger partial charge is 0.481 e. The second-order valence-corrected chi connectivity index (χ2v) is 6.06. The molecular formula is C16H22BrNO4. The summed E-state index contributed by atoms with van der Waals surface area (Å²) in [6, 6.07) is 7.25. The molecule has 0 spiro atoms. The van der Waals surface area contributed by atoms with Crippen LogP contribution >= 0.6 is 15.9 Å². The van der Waals surface area contributed by atoms with Gasteiger partial charge in [-0.3, -0.25) is 9.59 Å². The average molecular weight is 372 g/mol. The van der Waals surface area contributed by atoms with Gasteiger partial charge in [0.25, 0.3) is 5.91 Å². The van der Waals surface area contributed by atoms with E-state index >= 15 is 0 Å². The van der Waals surface area contributed by atoms with Crippen LogP contribution < -0.4 is 10.1 Å². The molecule has 0 aliphatic carbocycles. The lowest BCUT2D eigenvalue weighted by Gasteiger charge is -2.27. The Balaban J connectivity index is 2.65. The van der Waals surface area contributed by atoms with Crippen molar-refractivity contribution in [1.82, 2.24) is 5.32 Å². The van der Waals surface area contributed by atoms with Gasteiger partial charge in [-0.15, -0.1) is 0 Å². The highest BCUT2D eigenvalue weighted by molar-refractivity contribution is 9.10. The lowest BCUT2D eigenvalue weighted by Crippen LogP contribution is -2.46. The molecule has 0 fully saturated rings. The minimum absolute atomic E-state index is 0.0951. The number of carbonyl (C=O) groups excluding carboxylic acids is 1. The van der Waals surface area contributed by atoms with E-state index in [4.69, 9.17) is 4.74 Å². The van der Waals surface area contributed by atoms with Crippen LogP contribution in [0.1, 0.15) is 33.6 Å². The first kappa shape index (κ1) is 18.5. The Bertz CT molecular complexity index is 529. The van der Waals surface area contributed by atoms with Gasteiger partial charge in [0.1, 0.15) is 5.75 Å². The van der Waals surface area contributed by atoms with E-state index in [0.29, 0.717) is 18.6 Å². The predicted molar refractivity (Wildman–Crippen MR) is 87.9 cm³/mol. The van der Waals surface area contributed by atoms with Gasteiger partial charge in [0.2, 0.25) is 0 Å². The zero-order valence-corrected chi connectivity index (χ0v) is 14.6. The molecule has 1 aromatic carbocycles. The monoisotopic (exact) mass is 371 g/mol.